The maximum Gasteiger partial charge on any atom is 0.237 e. The van der Waals surface area contributed by atoms with Crippen LogP contribution >= 0.6 is 0 Å². The van der Waals surface area contributed by atoms with Crippen molar-refractivity contribution in [1.82, 2.24) is 5.32 Å². The number of amides is 1. The molecule has 0 aromatic rings. The topological polar surface area (TPSA) is 72.2 Å². The Balaban J connectivity index is 4.29. The molecule has 0 radical (unpaired) electrons. The summed E-state index contributed by atoms with van der Waals surface area (Å²) in [5, 5.41) is 2.72. The number of hydrogen-bond donors (Lipinski definition) is 2. The van der Waals surface area contributed by atoms with Gasteiger partial charge < -0.3 is 11.1 Å². The predicted molar refractivity (Wildman–Crippen MR) is 78.7 cm³/mol. The third-order valence-corrected chi connectivity index (χ3v) is 3.47. The van der Waals surface area contributed by atoms with Crippen LogP contribution in [0.2, 0.25) is 0 Å². The first-order valence-electron chi connectivity index (χ1n) is 7.26. The van der Waals surface area contributed by atoms with Gasteiger partial charge in [-0.25, -0.2) is 0 Å². The Kier molecular flexibility index (Phi) is 7.91. The number of carbonyl (C=O) groups is 2. The molecule has 4 heteroatoms. The van der Waals surface area contributed by atoms with Gasteiger partial charge in [-0.05, 0) is 25.2 Å². The smallest absolute Gasteiger partial charge is 0.237 e. The van der Waals surface area contributed by atoms with Crippen LogP contribution in [0.1, 0.15) is 54.4 Å². The highest BCUT2D eigenvalue weighted by atomic mass is 16.2. The summed E-state index contributed by atoms with van der Waals surface area (Å²) < 4.78 is 0. The zero-order valence-electron chi connectivity index (χ0n) is 13.2. The molecule has 0 rings (SSSR count). The Morgan fingerprint density at radius 3 is 1.95 bits per heavy atom. The fraction of sp³-hybridized carbons (Fsp3) is 0.867. The zero-order valence-corrected chi connectivity index (χ0v) is 13.2. The van der Waals surface area contributed by atoms with Crippen LogP contribution in [0.4, 0.5) is 0 Å². The lowest BCUT2D eigenvalue weighted by Crippen LogP contribution is -2.50. The van der Waals surface area contributed by atoms with Crippen LogP contribution in [-0.4, -0.2) is 23.8 Å². The van der Waals surface area contributed by atoms with E-state index in [9.17, 15) is 9.59 Å². The second-order valence-electron chi connectivity index (χ2n) is 6.26. The summed E-state index contributed by atoms with van der Waals surface area (Å²) in [7, 11) is 0. The van der Waals surface area contributed by atoms with Crippen molar-refractivity contribution < 1.29 is 9.59 Å². The van der Waals surface area contributed by atoms with Crippen molar-refractivity contribution >= 4 is 11.7 Å². The van der Waals surface area contributed by atoms with Gasteiger partial charge in [-0.3, -0.25) is 9.59 Å². The Morgan fingerprint density at radius 1 is 1.00 bits per heavy atom. The molecule has 0 aromatic carbocycles. The van der Waals surface area contributed by atoms with Crippen molar-refractivity contribution in [2.24, 2.45) is 23.5 Å². The number of Topliss-reactive ketones (excluding diaryl/α,β-unsaturated/α-hetero) is 1. The molecule has 0 aliphatic carbocycles. The van der Waals surface area contributed by atoms with E-state index in [0.717, 1.165) is 12.8 Å². The highest BCUT2D eigenvalue weighted by molar-refractivity contribution is 5.91. The van der Waals surface area contributed by atoms with Gasteiger partial charge >= 0.3 is 0 Å². The summed E-state index contributed by atoms with van der Waals surface area (Å²) in [4.78, 5) is 23.7. The van der Waals surface area contributed by atoms with Crippen LogP contribution in [0.3, 0.4) is 0 Å². The zero-order chi connectivity index (χ0) is 15.2. The summed E-state index contributed by atoms with van der Waals surface area (Å²) in [5.74, 6) is 0.473. The molecule has 0 aliphatic heterocycles. The molecule has 0 heterocycles. The molecule has 0 spiro atoms. The van der Waals surface area contributed by atoms with Gasteiger partial charge in [-0.2, -0.15) is 0 Å². The van der Waals surface area contributed by atoms with E-state index in [1.807, 2.05) is 20.8 Å². The molecular weight excluding hydrogens is 240 g/mol. The predicted octanol–water partition coefficient (Wildman–Crippen LogP) is 2.12. The highest BCUT2D eigenvalue weighted by Gasteiger charge is 2.25. The Morgan fingerprint density at radius 2 is 1.53 bits per heavy atom. The van der Waals surface area contributed by atoms with Gasteiger partial charge in [0.15, 0.2) is 5.78 Å². The lowest BCUT2D eigenvalue weighted by atomic mass is 9.92. The van der Waals surface area contributed by atoms with Gasteiger partial charge in [0.1, 0.15) is 0 Å². The molecule has 0 saturated carbocycles. The van der Waals surface area contributed by atoms with E-state index in [1.54, 1.807) is 6.92 Å². The van der Waals surface area contributed by atoms with Crippen LogP contribution in [0.5, 0.6) is 0 Å². The lowest BCUT2D eigenvalue weighted by Gasteiger charge is -2.22. The van der Waals surface area contributed by atoms with E-state index in [2.05, 4.69) is 19.2 Å². The molecule has 0 fully saturated rings. The van der Waals surface area contributed by atoms with E-state index in [4.69, 9.17) is 5.73 Å². The molecule has 3 N–H and O–H groups in total. The van der Waals surface area contributed by atoms with Crippen molar-refractivity contribution in [2.45, 2.75) is 66.5 Å². The van der Waals surface area contributed by atoms with Crippen molar-refractivity contribution in [2.75, 3.05) is 0 Å². The summed E-state index contributed by atoms with van der Waals surface area (Å²) in [6, 6.07) is -1.00. The van der Waals surface area contributed by atoms with Crippen molar-refractivity contribution in [3.63, 3.8) is 0 Å². The van der Waals surface area contributed by atoms with Crippen LogP contribution in [0, 0.1) is 17.8 Å². The number of ketones is 1. The molecule has 4 nitrogen and oxygen atoms in total. The number of nitrogens with one attached hydrogen (secondary N) is 1. The highest BCUT2D eigenvalue weighted by Crippen LogP contribution is 2.14. The molecule has 3 unspecified atom stereocenters. The fourth-order valence-corrected chi connectivity index (χ4v) is 1.91. The Labute approximate surface area is 117 Å². The van der Waals surface area contributed by atoms with Crippen LogP contribution in [0.25, 0.3) is 0 Å². The molecule has 1 amide bonds. The van der Waals surface area contributed by atoms with E-state index in [-0.39, 0.29) is 23.5 Å². The van der Waals surface area contributed by atoms with Gasteiger partial charge in [-0.15, -0.1) is 0 Å². The normalized spacial score (nSPS) is 16.3. The number of carbonyl (C=O) groups excluding carboxylic acids is 2. The summed E-state index contributed by atoms with van der Waals surface area (Å²) in [6.07, 6.45) is 1.99. The van der Waals surface area contributed by atoms with Crippen molar-refractivity contribution in [3.8, 4) is 0 Å². The van der Waals surface area contributed by atoms with Crippen molar-refractivity contribution in [1.29, 1.82) is 0 Å². The molecule has 0 aliphatic rings. The van der Waals surface area contributed by atoms with E-state index >= 15 is 0 Å². The fourth-order valence-electron chi connectivity index (χ4n) is 1.91. The van der Waals surface area contributed by atoms with Gasteiger partial charge in [-0.1, -0.05) is 41.0 Å². The van der Waals surface area contributed by atoms with Crippen LogP contribution in [-0.2, 0) is 9.59 Å². The number of hydrogen-bond acceptors (Lipinski definition) is 3. The Hall–Kier alpha value is -0.900. The molecule has 112 valence electrons. The summed E-state index contributed by atoms with van der Waals surface area (Å²) in [5.41, 5.74) is 5.95. The van der Waals surface area contributed by atoms with Gasteiger partial charge in [0.2, 0.25) is 5.91 Å². The molecule has 19 heavy (non-hydrogen) atoms. The second-order valence-corrected chi connectivity index (χ2v) is 6.26. The third-order valence-electron chi connectivity index (χ3n) is 3.47. The van der Waals surface area contributed by atoms with E-state index in [0.29, 0.717) is 5.92 Å². The van der Waals surface area contributed by atoms with Crippen LogP contribution < -0.4 is 11.1 Å². The largest absolute Gasteiger partial charge is 0.345 e. The molecule has 0 bridgehead atoms. The number of nitrogens with two attached hydrogens (primary N) is 1. The first-order valence-corrected chi connectivity index (χ1v) is 7.26. The molecular formula is C15H30N2O2. The molecule has 3 atom stereocenters. The minimum Gasteiger partial charge on any atom is -0.345 e. The average molecular weight is 270 g/mol. The van der Waals surface area contributed by atoms with Gasteiger partial charge in [0.05, 0.1) is 12.1 Å². The summed E-state index contributed by atoms with van der Waals surface area (Å²) >= 11 is 0. The van der Waals surface area contributed by atoms with Gasteiger partial charge in [0, 0.05) is 5.92 Å². The standard InChI is InChI=1S/C15H30N2O2/c1-9(2)7-8-11(5)13(16)15(19)17-12(6)14(18)10(3)4/h9-13H,7-8,16H2,1-6H3,(H,17,19). The molecule has 0 aromatic heterocycles. The number of rotatable bonds is 8. The van der Waals surface area contributed by atoms with Crippen molar-refractivity contribution in [3.05, 3.63) is 0 Å². The minimum absolute atomic E-state index is 0.0374. The van der Waals surface area contributed by atoms with Gasteiger partial charge in [0.25, 0.3) is 0 Å². The SMILES string of the molecule is CC(C)CCC(C)C(N)C(=O)NC(C)C(=O)C(C)C. The summed E-state index contributed by atoms with van der Waals surface area (Å²) in [6.45, 7) is 11.7. The minimum atomic E-state index is -0.541. The Bertz CT molecular complexity index is 301. The van der Waals surface area contributed by atoms with Crippen LogP contribution in [0.15, 0.2) is 0 Å². The monoisotopic (exact) mass is 270 g/mol. The quantitative estimate of drug-likeness (QED) is 0.709. The maximum atomic E-state index is 12.0. The molecule has 0 saturated heterocycles. The van der Waals surface area contributed by atoms with E-state index in [1.165, 1.54) is 0 Å². The first-order chi connectivity index (χ1) is 8.66. The maximum absolute atomic E-state index is 12.0. The van der Waals surface area contributed by atoms with E-state index < -0.39 is 12.1 Å². The third kappa shape index (κ3) is 6.71. The lowest BCUT2D eigenvalue weighted by molar-refractivity contribution is -0.130. The second kappa shape index (κ2) is 8.31. The first kappa shape index (κ1) is 18.1. The average Bonchev–Trinajstić information content (AvgIpc) is 2.33.